The number of thiocarbonyl (C=S) groups is 1. The molecule has 1 heterocycles. The van der Waals surface area contributed by atoms with Crippen molar-refractivity contribution in [1.82, 2.24) is 9.78 Å². The maximum atomic E-state index is 13.3. The van der Waals surface area contributed by atoms with Crippen LogP contribution in [0.5, 0.6) is 0 Å². The zero-order valence-electron chi connectivity index (χ0n) is 8.30. The molecule has 16 heavy (non-hydrogen) atoms. The van der Waals surface area contributed by atoms with E-state index in [2.05, 4.69) is 27.5 Å². The van der Waals surface area contributed by atoms with Crippen LogP contribution < -0.4 is 0 Å². The van der Waals surface area contributed by atoms with Crippen LogP contribution >= 0.6 is 12.2 Å². The summed E-state index contributed by atoms with van der Waals surface area (Å²) in [5.41, 5.74) is 1.20. The topological polar surface area (TPSA) is 30.2 Å². The number of halogens is 1. The first-order valence-corrected chi connectivity index (χ1v) is 5.04. The molecule has 0 saturated carbocycles. The molecule has 0 aliphatic rings. The Morgan fingerprint density at radius 3 is 3.00 bits per heavy atom. The Kier molecular flexibility index (Phi) is 3.19. The van der Waals surface area contributed by atoms with Crippen LogP contribution in [-0.4, -0.2) is 14.9 Å². The summed E-state index contributed by atoms with van der Waals surface area (Å²) in [7, 11) is 0. The Morgan fingerprint density at radius 2 is 2.25 bits per heavy atom. The fourth-order valence-corrected chi connectivity index (χ4v) is 1.46. The summed E-state index contributed by atoms with van der Waals surface area (Å²) in [4.78, 5) is 3.78. The number of isothiocyanates is 1. The molecule has 0 aliphatic carbocycles. The first-order valence-electron chi connectivity index (χ1n) is 4.63. The van der Waals surface area contributed by atoms with Gasteiger partial charge in [0.05, 0.1) is 24.1 Å². The van der Waals surface area contributed by atoms with Gasteiger partial charge in [-0.25, -0.2) is 4.39 Å². The molecule has 5 heteroatoms. The van der Waals surface area contributed by atoms with E-state index in [4.69, 9.17) is 0 Å². The number of nitrogens with zero attached hydrogens (tertiary/aromatic N) is 3. The Labute approximate surface area is 97.2 Å². The van der Waals surface area contributed by atoms with Crippen molar-refractivity contribution in [3.05, 3.63) is 48.0 Å². The highest BCUT2D eigenvalue weighted by Crippen LogP contribution is 2.12. The van der Waals surface area contributed by atoms with Crippen LogP contribution in [0.15, 0.2) is 41.7 Å². The van der Waals surface area contributed by atoms with Gasteiger partial charge in [-0.05, 0) is 18.3 Å². The van der Waals surface area contributed by atoms with Gasteiger partial charge in [-0.1, -0.05) is 18.2 Å². The number of benzene rings is 1. The van der Waals surface area contributed by atoms with E-state index in [-0.39, 0.29) is 5.82 Å². The summed E-state index contributed by atoms with van der Waals surface area (Å²) >= 11 is 4.48. The summed E-state index contributed by atoms with van der Waals surface area (Å²) in [6, 6.07) is 6.59. The third kappa shape index (κ3) is 2.39. The smallest absolute Gasteiger partial charge is 0.128 e. The SMILES string of the molecule is Fc1ccccc1Cn1cc(N=C=S)cn1. The third-order valence-corrected chi connectivity index (χ3v) is 2.18. The molecule has 0 spiro atoms. The van der Waals surface area contributed by atoms with Crippen molar-refractivity contribution in [1.29, 1.82) is 0 Å². The minimum atomic E-state index is -0.238. The molecule has 1 aromatic heterocycles. The van der Waals surface area contributed by atoms with Gasteiger partial charge in [0.2, 0.25) is 0 Å². The lowest BCUT2D eigenvalue weighted by molar-refractivity contribution is 0.585. The molecular weight excluding hydrogens is 225 g/mol. The van der Waals surface area contributed by atoms with Crippen LogP contribution in [-0.2, 0) is 6.54 Å². The normalized spacial score (nSPS) is 9.81. The lowest BCUT2D eigenvalue weighted by Crippen LogP contribution is -2.01. The monoisotopic (exact) mass is 233 g/mol. The zero-order chi connectivity index (χ0) is 11.4. The highest BCUT2D eigenvalue weighted by atomic mass is 32.1. The van der Waals surface area contributed by atoms with Gasteiger partial charge in [-0.3, -0.25) is 4.68 Å². The maximum Gasteiger partial charge on any atom is 0.128 e. The lowest BCUT2D eigenvalue weighted by atomic mass is 10.2. The molecule has 0 N–H and O–H groups in total. The molecule has 0 bridgehead atoms. The molecule has 2 rings (SSSR count). The second kappa shape index (κ2) is 4.79. The van der Waals surface area contributed by atoms with Crippen molar-refractivity contribution in [2.24, 2.45) is 4.99 Å². The number of hydrogen-bond acceptors (Lipinski definition) is 3. The summed E-state index contributed by atoms with van der Waals surface area (Å²) < 4.78 is 14.9. The van der Waals surface area contributed by atoms with Crippen LogP contribution in [0.3, 0.4) is 0 Å². The standard InChI is InChI=1S/C11H8FN3S/c12-11-4-2-1-3-9(11)6-15-7-10(5-14-15)13-8-16/h1-5,7H,6H2. The molecule has 0 amide bonds. The van der Waals surface area contributed by atoms with Crippen molar-refractivity contribution in [2.75, 3.05) is 0 Å². The molecule has 2 aromatic rings. The van der Waals surface area contributed by atoms with Crippen molar-refractivity contribution >= 4 is 23.1 Å². The van der Waals surface area contributed by atoms with Crippen LogP contribution in [0.4, 0.5) is 10.1 Å². The molecule has 0 radical (unpaired) electrons. The van der Waals surface area contributed by atoms with Gasteiger partial charge in [0.15, 0.2) is 0 Å². The van der Waals surface area contributed by atoms with E-state index in [1.54, 1.807) is 35.3 Å². The summed E-state index contributed by atoms with van der Waals surface area (Å²) in [5.74, 6) is -0.238. The predicted molar refractivity (Wildman–Crippen MR) is 62.4 cm³/mol. The van der Waals surface area contributed by atoms with Gasteiger partial charge in [-0.15, -0.1) is 0 Å². The average Bonchev–Trinajstić information content (AvgIpc) is 2.70. The number of rotatable bonds is 3. The second-order valence-corrected chi connectivity index (χ2v) is 3.37. The fraction of sp³-hybridized carbons (Fsp3) is 0.0909. The van der Waals surface area contributed by atoms with Crippen LogP contribution in [0, 0.1) is 5.82 Å². The Hall–Kier alpha value is -1.84. The number of aliphatic imine (C=N–C) groups is 1. The van der Waals surface area contributed by atoms with Gasteiger partial charge in [0.25, 0.3) is 0 Å². The van der Waals surface area contributed by atoms with Gasteiger partial charge in [0, 0.05) is 5.56 Å². The Balaban J connectivity index is 2.21. The minimum absolute atomic E-state index is 0.238. The molecule has 0 aliphatic heterocycles. The first kappa shape index (κ1) is 10.7. The third-order valence-electron chi connectivity index (χ3n) is 2.08. The van der Waals surface area contributed by atoms with E-state index in [9.17, 15) is 4.39 Å². The summed E-state index contributed by atoms with van der Waals surface area (Å²) in [5, 5.41) is 6.29. The molecule has 0 unspecified atom stereocenters. The molecule has 1 aromatic carbocycles. The van der Waals surface area contributed by atoms with E-state index in [1.807, 2.05) is 0 Å². The highest BCUT2D eigenvalue weighted by Gasteiger charge is 2.02. The zero-order valence-corrected chi connectivity index (χ0v) is 9.12. The Morgan fingerprint density at radius 1 is 1.44 bits per heavy atom. The van der Waals surface area contributed by atoms with E-state index in [1.165, 1.54) is 6.07 Å². The van der Waals surface area contributed by atoms with Gasteiger partial charge in [0.1, 0.15) is 11.5 Å². The first-order chi connectivity index (χ1) is 7.79. The Bertz CT molecular complexity index is 544. The van der Waals surface area contributed by atoms with Gasteiger partial charge < -0.3 is 0 Å². The highest BCUT2D eigenvalue weighted by molar-refractivity contribution is 7.78. The van der Waals surface area contributed by atoms with Crippen molar-refractivity contribution < 1.29 is 4.39 Å². The molecule has 0 saturated heterocycles. The largest absolute Gasteiger partial charge is 0.266 e. The fourth-order valence-electron chi connectivity index (χ4n) is 1.35. The number of hydrogen-bond donors (Lipinski definition) is 0. The maximum absolute atomic E-state index is 13.3. The van der Waals surface area contributed by atoms with E-state index in [0.717, 1.165) is 0 Å². The van der Waals surface area contributed by atoms with Crippen molar-refractivity contribution in [3.8, 4) is 0 Å². The van der Waals surface area contributed by atoms with Gasteiger partial charge >= 0.3 is 0 Å². The molecule has 0 atom stereocenters. The van der Waals surface area contributed by atoms with E-state index in [0.29, 0.717) is 17.8 Å². The van der Waals surface area contributed by atoms with Crippen molar-refractivity contribution in [2.45, 2.75) is 6.54 Å². The molecular formula is C11H8FN3S. The lowest BCUT2D eigenvalue weighted by Gasteiger charge is -2.02. The van der Waals surface area contributed by atoms with Crippen LogP contribution in [0.2, 0.25) is 0 Å². The van der Waals surface area contributed by atoms with E-state index < -0.39 is 0 Å². The average molecular weight is 233 g/mol. The van der Waals surface area contributed by atoms with Crippen molar-refractivity contribution in [3.63, 3.8) is 0 Å². The van der Waals surface area contributed by atoms with Crippen LogP contribution in [0.1, 0.15) is 5.56 Å². The summed E-state index contributed by atoms with van der Waals surface area (Å²) in [6.07, 6.45) is 3.24. The van der Waals surface area contributed by atoms with Gasteiger partial charge in [-0.2, -0.15) is 10.1 Å². The number of aromatic nitrogens is 2. The summed E-state index contributed by atoms with van der Waals surface area (Å²) in [6.45, 7) is 0.375. The molecule has 80 valence electrons. The quantitative estimate of drug-likeness (QED) is 0.602. The predicted octanol–water partition coefficient (Wildman–Crippen LogP) is 2.80. The second-order valence-electron chi connectivity index (χ2n) is 3.19. The van der Waals surface area contributed by atoms with Crippen LogP contribution in [0.25, 0.3) is 0 Å². The molecule has 0 fully saturated rings. The minimum Gasteiger partial charge on any atom is -0.266 e. The van der Waals surface area contributed by atoms with E-state index >= 15 is 0 Å². The molecule has 3 nitrogen and oxygen atoms in total.